The van der Waals surface area contributed by atoms with Gasteiger partial charge in [0.2, 0.25) is 0 Å². The second-order valence-electron chi connectivity index (χ2n) is 12.7. The maximum absolute atomic E-state index is 12.2. The summed E-state index contributed by atoms with van der Waals surface area (Å²) in [5.41, 5.74) is 3.85. The van der Waals surface area contributed by atoms with Gasteiger partial charge in [0.25, 0.3) is 0 Å². The van der Waals surface area contributed by atoms with Crippen LogP contribution in [0.3, 0.4) is 0 Å². The van der Waals surface area contributed by atoms with Crippen LogP contribution < -0.4 is 4.90 Å². The van der Waals surface area contributed by atoms with E-state index in [1.54, 1.807) is 6.92 Å². The fourth-order valence-corrected chi connectivity index (χ4v) is 6.74. The second kappa shape index (κ2) is 23.9. The topological polar surface area (TPSA) is 139 Å². The molecule has 11 nitrogen and oxygen atoms in total. The molecule has 0 N–H and O–H groups in total. The van der Waals surface area contributed by atoms with Crippen LogP contribution in [0.5, 0.6) is 0 Å². The number of rotatable bonds is 24. The zero-order valence-corrected chi connectivity index (χ0v) is 31.2. The van der Waals surface area contributed by atoms with E-state index in [9.17, 15) is 15.3 Å². The van der Waals surface area contributed by atoms with Gasteiger partial charge < -0.3 is 28.6 Å². The van der Waals surface area contributed by atoms with Gasteiger partial charge in [-0.1, -0.05) is 46.0 Å². The number of thiophene rings is 1. The molecule has 2 atom stereocenters. The Morgan fingerprint density at radius 3 is 2.14 bits per heavy atom. The highest BCUT2D eigenvalue weighted by Crippen LogP contribution is 2.36. The summed E-state index contributed by atoms with van der Waals surface area (Å²) < 4.78 is 28.0. The standard InChI is InChI=1S/C38H55N5O6S/c1-5-6-7-10-15-43(32-13-14-35(30(3)26-32)41-42-37-34(27-39)31(4)36(28-40)50-37)16-17-45-18-19-46-20-21-47-22-23-48-24-25-49-38(44)33-12-9-8-11-29(33)2/h13-14,26,29,33H,5-12,15-25H2,1-4H3. The third-order valence-electron chi connectivity index (χ3n) is 8.93. The van der Waals surface area contributed by atoms with Crippen molar-refractivity contribution in [3.05, 3.63) is 39.8 Å². The number of anilines is 1. The lowest BCUT2D eigenvalue weighted by molar-refractivity contribution is -0.153. The lowest BCUT2D eigenvalue weighted by atomic mass is 9.80. The molecular formula is C38H55N5O6S. The monoisotopic (exact) mass is 709 g/mol. The van der Waals surface area contributed by atoms with Crippen molar-refractivity contribution in [2.45, 2.75) is 79.1 Å². The molecule has 2 aromatic rings. The van der Waals surface area contributed by atoms with Gasteiger partial charge in [0.15, 0.2) is 5.00 Å². The Bertz CT molecular complexity index is 1420. The summed E-state index contributed by atoms with van der Waals surface area (Å²) in [5, 5.41) is 28.0. The number of azo groups is 1. The van der Waals surface area contributed by atoms with Crippen LogP contribution in [-0.4, -0.2) is 78.5 Å². The van der Waals surface area contributed by atoms with Crippen LogP contribution in [-0.2, 0) is 28.5 Å². The van der Waals surface area contributed by atoms with E-state index in [4.69, 9.17) is 23.7 Å². The molecule has 0 bridgehead atoms. The molecule has 1 aromatic carbocycles. The van der Waals surface area contributed by atoms with Crippen molar-refractivity contribution in [1.82, 2.24) is 0 Å². The molecule has 0 saturated heterocycles. The first-order chi connectivity index (χ1) is 24.4. The summed E-state index contributed by atoms with van der Waals surface area (Å²) in [6.45, 7) is 13.9. The van der Waals surface area contributed by atoms with Gasteiger partial charge in [0, 0.05) is 18.8 Å². The van der Waals surface area contributed by atoms with Gasteiger partial charge in [-0.2, -0.15) is 10.5 Å². The lowest BCUT2D eigenvalue weighted by Crippen LogP contribution is -2.29. The van der Waals surface area contributed by atoms with Crippen LogP contribution in [0.15, 0.2) is 28.4 Å². The Balaban J connectivity index is 1.30. The van der Waals surface area contributed by atoms with Crippen molar-refractivity contribution in [2.24, 2.45) is 22.1 Å². The van der Waals surface area contributed by atoms with Crippen molar-refractivity contribution in [2.75, 3.05) is 77.5 Å². The van der Waals surface area contributed by atoms with Crippen molar-refractivity contribution in [3.8, 4) is 12.1 Å². The van der Waals surface area contributed by atoms with Crippen LogP contribution >= 0.6 is 11.3 Å². The SMILES string of the molecule is CCCCCCN(CCOCCOCCOCCOCCOC(=O)C1CCCCC1C)c1ccc(N=Nc2sc(C#N)c(C)c2C#N)c(C)c1. The fraction of sp³-hybridized carbons (Fsp3) is 0.658. The molecule has 1 aliphatic rings. The summed E-state index contributed by atoms with van der Waals surface area (Å²) in [7, 11) is 0. The number of esters is 1. The second-order valence-corrected chi connectivity index (χ2v) is 13.7. The van der Waals surface area contributed by atoms with Gasteiger partial charge in [0.05, 0.1) is 70.0 Å². The summed E-state index contributed by atoms with van der Waals surface area (Å²) in [6, 6.07) is 10.4. The average molecular weight is 710 g/mol. The number of carbonyl (C=O) groups excluding carboxylic acids is 1. The van der Waals surface area contributed by atoms with Gasteiger partial charge in [0.1, 0.15) is 23.6 Å². The lowest BCUT2D eigenvalue weighted by Gasteiger charge is -2.26. The zero-order valence-electron chi connectivity index (χ0n) is 30.4. The number of benzene rings is 1. The number of unbranched alkanes of at least 4 members (excludes halogenated alkanes) is 3. The Labute approximate surface area is 302 Å². The molecule has 50 heavy (non-hydrogen) atoms. The van der Waals surface area contributed by atoms with Crippen LogP contribution in [0.25, 0.3) is 0 Å². The van der Waals surface area contributed by atoms with Gasteiger partial charge in [-0.15, -0.1) is 21.6 Å². The highest BCUT2D eigenvalue weighted by Gasteiger charge is 2.28. The normalized spacial score (nSPS) is 16.0. The third-order valence-corrected chi connectivity index (χ3v) is 10.0. The van der Waals surface area contributed by atoms with Gasteiger partial charge in [-0.25, -0.2) is 0 Å². The number of aryl methyl sites for hydroxylation is 1. The summed E-state index contributed by atoms with van der Waals surface area (Å²) in [6.07, 6.45) is 9.04. The van der Waals surface area contributed by atoms with E-state index >= 15 is 0 Å². The van der Waals surface area contributed by atoms with Gasteiger partial charge >= 0.3 is 5.97 Å². The molecule has 1 aliphatic carbocycles. The van der Waals surface area contributed by atoms with E-state index in [1.165, 1.54) is 37.0 Å². The summed E-state index contributed by atoms with van der Waals surface area (Å²) in [5.74, 6) is 0.361. The maximum Gasteiger partial charge on any atom is 0.309 e. The molecule has 0 aliphatic heterocycles. The van der Waals surface area contributed by atoms with Crippen LogP contribution in [0.2, 0.25) is 0 Å². The third kappa shape index (κ3) is 14.1. The predicted molar refractivity (Wildman–Crippen MR) is 196 cm³/mol. The molecule has 1 fully saturated rings. The molecule has 12 heteroatoms. The molecule has 0 spiro atoms. The van der Waals surface area contributed by atoms with E-state index in [0.29, 0.717) is 79.8 Å². The molecule has 0 radical (unpaired) electrons. The molecule has 2 unspecified atom stereocenters. The number of nitriles is 2. The minimum atomic E-state index is -0.0847. The number of hydrogen-bond donors (Lipinski definition) is 0. The van der Waals surface area contributed by atoms with E-state index in [-0.39, 0.29) is 18.5 Å². The van der Waals surface area contributed by atoms with Gasteiger partial charge in [-0.05, 0) is 68.4 Å². The Hall–Kier alpha value is -3.39. The first-order valence-corrected chi connectivity index (χ1v) is 18.9. The van der Waals surface area contributed by atoms with E-state index in [1.807, 2.05) is 19.1 Å². The molecule has 3 rings (SSSR count). The molecular weight excluding hydrogens is 655 g/mol. The number of carbonyl (C=O) groups is 1. The van der Waals surface area contributed by atoms with Crippen molar-refractivity contribution in [3.63, 3.8) is 0 Å². The quantitative estimate of drug-likeness (QED) is 0.0598. The van der Waals surface area contributed by atoms with Crippen LogP contribution in [0, 0.1) is 48.3 Å². The molecule has 1 aromatic heterocycles. The van der Waals surface area contributed by atoms with E-state index < -0.39 is 0 Å². The Morgan fingerprint density at radius 1 is 0.860 bits per heavy atom. The molecule has 274 valence electrons. The predicted octanol–water partition coefficient (Wildman–Crippen LogP) is 8.35. The number of hydrogen-bond acceptors (Lipinski definition) is 12. The molecule has 1 saturated carbocycles. The number of nitrogens with zero attached hydrogens (tertiary/aromatic N) is 5. The van der Waals surface area contributed by atoms with E-state index in [0.717, 1.165) is 55.7 Å². The average Bonchev–Trinajstić information content (AvgIpc) is 3.43. The van der Waals surface area contributed by atoms with Crippen LogP contribution in [0.1, 0.15) is 86.8 Å². The van der Waals surface area contributed by atoms with E-state index in [2.05, 4.69) is 47.2 Å². The van der Waals surface area contributed by atoms with Crippen molar-refractivity contribution in [1.29, 1.82) is 10.5 Å². The highest BCUT2D eigenvalue weighted by atomic mass is 32.1. The van der Waals surface area contributed by atoms with Crippen molar-refractivity contribution >= 4 is 33.7 Å². The number of ether oxygens (including phenoxy) is 5. The Morgan fingerprint density at radius 2 is 1.52 bits per heavy atom. The fourth-order valence-electron chi connectivity index (χ4n) is 5.87. The Kier molecular flexibility index (Phi) is 19.6. The maximum atomic E-state index is 12.2. The molecule has 1 heterocycles. The summed E-state index contributed by atoms with van der Waals surface area (Å²) in [4.78, 5) is 15.1. The minimum Gasteiger partial charge on any atom is -0.463 e. The zero-order chi connectivity index (χ0) is 36.0. The summed E-state index contributed by atoms with van der Waals surface area (Å²) >= 11 is 1.19. The molecule has 0 amide bonds. The largest absolute Gasteiger partial charge is 0.463 e. The minimum absolute atomic E-state index is 0.0377. The first kappa shape index (κ1) is 41.0. The van der Waals surface area contributed by atoms with Crippen molar-refractivity contribution < 1.29 is 28.5 Å². The highest BCUT2D eigenvalue weighted by molar-refractivity contribution is 7.16. The smallest absolute Gasteiger partial charge is 0.309 e. The van der Waals surface area contributed by atoms with Gasteiger partial charge in [-0.3, -0.25) is 4.79 Å². The first-order valence-electron chi connectivity index (χ1n) is 18.1. The van der Waals surface area contributed by atoms with Crippen LogP contribution in [0.4, 0.5) is 16.4 Å².